The largest absolute Gasteiger partial charge is 0.454 e. The van der Waals surface area contributed by atoms with E-state index in [4.69, 9.17) is 39.5 Å². The lowest BCUT2D eigenvalue weighted by Gasteiger charge is -2.12. The molecule has 0 aliphatic heterocycles. The van der Waals surface area contributed by atoms with Crippen molar-refractivity contribution < 1.29 is 27.6 Å². The van der Waals surface area contributed by atoms with Gasteiger partial charge in [0.25, 0.3) is 15.7 Å². The molecule has 144 valence electrons. The zero-order chi connectivity index (χ0) is 20.4. The summed E-state index contributed by atoms with van der Waals surface area (Å²) in [5.41, 5.74) is -0.785. The molecule has 0 fully saturated rings. The number of amides is 1. The normalized spacial score (nSPS) is 11.0. The summed E-state index contributed by atoms with van der Waals surface area (Å²) in [7, 11) is -3.69. The van der Waals surface area contributed by atoms with Crippen LogP contribution >= 0.6 is 34.8 Å². The molecule has 0 spiro atoms. The average molecular weight is 456 g/mol. The first kappa shape index (κ1) is 21.0. The first-order chi connectivity index (χ1) is 12.5. The molecule has 0 bridgehead atoms. The van der Waals surface area contributed by atoms with Crippen LogP contribution in [0.5, 0.6) is 11.5 Å². The van der Waals surface area contributed by atoms with Crippen LogP contribution in [-0.2, 0) is 14.8 Å². The Morgan fingerprint density at radius 1 is 1.15 bits per heavy atom. The number of benzene rings is 2. The highest BCUT2D eigenvalue weighted by atomic mass is 35.5. The smallest absolute Gasteiger partial charge is 0.420 e. The van der Waals surface area contributed by atoms with Gasteiger partial charge in [-0.2, -0.15) is 0 Å². The second kappa shape index (κ2) is 8.17. The van der Waals surface area contributed by atoms with Gasteiger partial charge in [0.05, 0.1) is 22.1 Å². The molecule has 0 unspecified atom stereocenters. The molecule has 0 atom stereocenters. The summed E-state index contributed by atoms with van der Waals surface area (Å²) in [4.78, 5) is 20.6. The first-order valence-corrected chi connectivity index (χ1v) is 9.38. The number of sulfonamides is 1. The van der Waals surface area contributed by atoms with E-state index in [0.717, 1.165) is 25.3 Å². The van der Waals surface area contributed by atoms with Crippen LogP contribution < -0.4 is 9.46 Å². The lowest BCUT2D eigenvalue weighted by molar-refractivity contribution is -0.387. The summed E-state index contributed by atoms with van der Waals surface area (Å²) >= 11 is 17.8. The molecule has 27 heavy (non-hydrogen) atoms. The van der Waals surface area contributed by atoms with E-state index in [-0.39, 0.29) is 26.6 Å². The van der Waals surface area contributed by atoms with Crippen molar-refractivity contribution in [2.75, 3.05) is 7.11 Å². The zero-order valence-electron chi connectivity index (χ0n) is 13.2. The topological polar surface area (TPSA) is 125 Å². The first-order valence-electron chi connectivity index (χ1n) is 6.76. The Morgan fingerprint density at radius 3 is 2.26 bits per heavy atom. The maximum atomic E-state index is 12.3. The fraction of sp³-hybridized carbons (Fsp3) is 0.0714. The molecule has 9 nitrogen and oxygen atoms in total. The summed E-state index contributed by atoms with van der Waals surface area (Å²) in [5, 5.41) is 11.4. The van der Waals surface area contributed by atoms with Gasteiger partial charge in [-0.1, -0.05) is 34.8 Å². The van der Waals surface area contributed by atoms with Gasteiger partial charge in [0.2, 0.25) is 0 Å². The number of halogens is 3. The molecular weight excluding hydrogens is 447 g/mol. The highest BCUT2D eigenvalue weighted by molar-refractivity contribution is 7.90. The van der Waals surface area contributed by atoms with Crippen LogP contribution in [-0.4, -0.2) is 26.5 Å². The second-order valence-electron chi connectivity index (χ2n) is 4.78. The fourth-order valence-corrected chi connectivity index (χ4v) is 3.87. The van der Waals surface area contributed by atoms with Gasteiger partial charge in [0.15, 0.2) is 10.6 Å². The number of nitro groups is 1. The van der Waals surface area contributed by atoms with E-state index in [1.165, 1.54) is 16.9 Å². The summed E-state index contributed by atoms with van der Waals surface area (Å²) in [5.74, 6) is -0.183. The lowest BCUT2D eigenvalue weighted by Crippen LogP contribution is -2.30. The van der Waals surface area contributed by atoms with Crippen LogP contribution in [0, 0.1) is 10.1 Å². The van der Waals surface area contributed by atoms with Crippen molar-refractivity contribution in [3.63, 3.8) is 0 Å². The summed E-state index contributed by atoms with van der Waals surface area (Å²) in [6, 6.07) is 5.54. The number of carbonyl (C=O) groups excluding carboxylic acids is 1. The minimum Gasteiger partial charge on any atom is -0.454 e. The zero-order valence-corrected chi connectivity index (χ0v) is 16.3. The van der Waals surface area contributed by atoms with Crippen molar-refractivity contribution in [1.82, 2.24) is 4.72 Å². The van der Waals surface area contributed by atoms with E-state index in [9.17, 15) is 23.3 Å². The minimum atomic E-state index is -4.62. The summed E-state index contributed by atoms with van der Waals surface area (Å²) in [6.07, 6.45) is -1.32. The van der Waals surface area contributed by atoms with Crippen molar-refractivity contribution in [2.24, 2.45) is 0 Å². The quantitative estimate of drug-likeness (QED) is 0.523. The molecule has 1 amide bonds. The predicted molar refractivity (Wildman–Crippen MR) is 97.4 cm³/mol. The van der Waals surface area contributed by atoms with Gasteiger partial charge in [-0.05, 0) is 18.2 Å². The van der Waals surface area contributed by atoms with Gasteiger partial charge in [-0.3, -0.25) is 10.1 Å². The van der Waals surface area contributed by atoms with Crippen molar-refractivity contribution >= 4 is 56.6 Å². The molecule has 2 aromatic carbocycles. The standard InChI is InChI=1S/C14H9Cl3N2O7S/c1-25-14(20)18-27(23,24)12-6-8(2-3-11(12)19(21)22)26-13-9(16)4-7(15)5-10(13)17/h2-6H,1H3,(H,18,20). The average Bonchev–Trinajstić information content (AvgIpc) is 2.57. The van der Waals surface area contributed by atoms with Crippen LogP contribution in [0.1, 0.15) is 0 Å². The number of rotatable bonds is 5. The Morgan fingerprint density at radius 2 is 1.74 bits per heavy atom. The molecule has 0 aliphatic carbocycles. The molecular formula is C14H9Cl3N2O7S. The second-order valence-corrected chi connectivity index (χ2v) is 7.69. The van der Waals surface area contributed by atoms with Gasteiger partial charge >= 0.3 is 6.09 Å². The Balaban J connectivity index is 2.53. The molecule has 0 radical (unpaired) electrons. The Labute approximate surface area is 167 Å². The van der Waals surface area contributed by atoms with E-state index in [1.54, 1.807) is 0 Å². The van der Waals surface area contributed by atoms with Crippen LogP contribution in [0.25, 0.3) is 0 Å². The van der Waals surface area contributed by atoms with E-state index in [0.29, 0.717) is 0 Å². The van der Waals surface area contributed by atoms with E-state index in [1.807, 2.05) is 0 Å². The third kappa shape index (κ3) is 4.92. The number of carbonyl (C=O) groups is 1. The molecule has 2 rings (SSSR count). The third-order valence-electron chi connectivity index (χ3n) is 3.00. The van der Waals surface area contributed by atoms with Crippen molar-refractivity contribution in [1.29, 1.82) is 0 Å². The molecule has 0 saturated carbocycles. The molecule has 0 saturated heterocycles. The Kier molecular flexibility index (Phi) is 6.37. The summed E-state index contributed by atoms with van der Waals surface area (Å²) in [6.45, 7) is 0. The van der Waals surface area contributed by atoms with Crippen LogP contribution in [0.2, 0.25) is 15.1 Å². The fourth-order valence-electron chi connectivity index (χ4n) is 1.87. The number of ether oxygens (including phenoxy) is 2. The maximum absolute atomic E-state index is 12.3. The lowest BCUT2D eigenvalue weighted by atomic mass is 10.3. The van der Waals surface area contributed by atoms with E-state index in [2.05, 4.69) is 4.74 Å². The van der Waals surface area contributed by atoms with Gasteiger partial charge in [-0.15, -0.1) is 0 Å². The van der Waals surface area contributed by atoms with Crippen molar-refractivity contribution in [2.45, 2.75) is 4.90 Å². The van der Waals surface area contributed by atoms with E-state index < -0.39 is 31.6 Å². The highest BCUT2D eigenvalue weighted by Gasteiger charge is 2.29. The number of nitrogens with one attached hydrogen (secondary N) is 1. The Hall–Kier alpha value is -2.27. The van der Waals surface area contributed by atoms with Gasteiger partial charge in [0.1, 0.15) is 5.75 Å². The van der Waals surface area contributed by atoms with Gasteiger partial charge < -0.3 is 9.47 Å². The van der Waals surface area contributed by atoms with Crippen LogP contribution in [0.15, 0.2) is 35.2 Å². The number of nitrogens with zero attached hydrogens (tertiary/aromatic N) is 1. The predicted octanol–water partition coefficient (Wildman–Crippen LogP) is 4.39. The molecule has 1 N–H and O–H groups in total. The Bertz CT molecular complexity index is 1000. The number of nitro benzene ring substituents is 1. The summed E-state index contributed by atoms with van der Waals surface area (Å²) < 4.78 is 35.7. The molecule has 0 aliphatic rings. The van der Waals surface area contributed by atoms with Crippen molar-refractivity contribution in [3.8, 4) is 11.5 Å². The number of methoxy groups -OCH3 is 1. The van der Waals surface area contributed by atoms with Gasteiger partial charge in [0, 0.05) is 17.2 Å². The van der Waals surface area contributed by atoms with Crippen LogP contribution in [0.4, 0.5) is 10.5 Å². The van der Waals surface area contributed by atoms with Gasteiger partial charge in [-0.25, -0.2) is 17.9 Å². The molecule has 2 aromatic rings. The monoisotopic (exact) mass is 454 g/mol. The van der Waals surface area contributed by atoms with Crippen molar-refractivity contribution in [3.05, 3.63) is 55.5 Å². The number of hydrogen-bond acceptors (Lipinski definition) is 7. The van der Waals surface area contributed by atoms with E-state index >= 15 is 0 Å². The molecule has 0 heterocycles. The SMILES string of the molecule is COC(=O)NS(=O)(=O)c1cc(Oc2c(Cl)cc(Cl)cc2Cl)ccc1[N+](=O)[O-]. The number of hydrogen-bond donors (Lipinski definition) is 1. The third-order valence-corrected chi connectivity index (χ3v) is 5.12. The molecule has 13 heteroatoms. The molecule has 0 aromatic heterocycles. The maximum Gasteiger partial charge on any atom is 0.420 e. The highest BCUT2D eigenvalue weighted by Crippen LogP contribution is 2.39. The minimum absolute atomic E-state index is 0.0305. The van der Waals surface area contributed by atoms with Crippen LogP contribution in [0.3, 0.4) is 0 Å².